The van der Waals surface area contributed by atoms with E-state index in [9.17, 15) is 8.42 Å². The van der Waals surface area contributed by atoms with Gasteiger partial charge < -0.3 is 0 Å². The molecule has 0 aliphatic heterocycles. The molecule has 0 radical (unpaired) electrons. The van der Waals surface area contributed by atoms with Gasteiger partial charge in [0.25, 0.3) is 0 Å². The van der Waals surface area contributed by atoms with Gasteiger partial charge >= 0.3 is 0 Å². The van der Waals surface area contributed by atoms with E-state index in [0.717, 1.165) is 16.5 Å². The largest absolute Gasteiger partial charge is 0.233 e. The molecule has 0 aliphatic rings. The molecule has 116 valence electrons. The predicted octanol–water partition coefficient (Wildman–Crippen LogP) is 4.13. The molecule has 0 fully saturated rings. The van der Waals surface area contributed by atoms with Gasteiger partial charge in [-0.2, -0.15) is 0 Å². The molecule has 0 unspecified atom stereocenters. The van der Waals surface area contributed by atoms with E-state index in [1.54, 1.807) is 24.3 Å². The number of sulfonamides is 1. The smallest absolute Gasteiger partial charge is 0.211 e. The highest BCUT2D eigenvalue weighted by atomic mass is 35.5. The van der Waals surface area contributed by atoms with Gasteiger partial charge in [0.15, 0.2) is 0 Å². The Bertz CT molecular complexity index is 759. The Morgan fingerprint density at radius 3 is 2.45 bits per heavy atom. The van der Waals surface area contributed by atoms with Crippen molar-refractivity contribution in [3.05, 3.63) is 75.1 Å². The summed E-state index contributed by atoms with van der Waals surface area (Å²) in [6.07, 6.45) is 2.05. The summed E-state index contributed by atoms with van der Waals surface area (Å²) in [6, 6.07) is 14.4. The molecule has 0 atom stereocenters. The van der Waals surface area contributed by atoms with Crippen LogP contribution >= 0.6 is 23.2 Å². The van der Waals surface area contributed by atoms with Crippen LogP contribution < -0.4 is 4.72 Å². The van der Waals surface area contributed by atoms with Crippen LogP contribution in [0.25, 0.3) is 6.08 Å². The Kier molecular flexibility index (Phi) is 6.03. The van der Waals surface area contributed by atoms with Crippen molar-refractivity contribution < 1.29 is 8.42 Å². The van der Waals surface area contributed by atoms with Crippen LogP contribution in [-0.2, 0) is 16.4 Å². The average Bonchev–Trinajstić information content (AvgIpc) is 2.49. The van der Waals surface area contributed by atoms with Crippen molar-refractivity contribution in [3.8, 4) is 0 Å². The highest BCUT2D eigenvalue weighted by molar-refractivity contribution is 7.92. The summed E-state index contributed by atoms with van der Waals surface area (Å²) in [5.41, 5.74) is 1.68. The topological polar surface area (TPSA) is 46.2 Å². The summed E-state index contributed by atoms with van der Waals surface area (Å²) in [5.74, 6) is 0. The maximum atomic E-state index is 11.9. The molecule has 0 saturated carbocycles. The lowest BCUT2D eigenvalue weighted by molar-refractivity contribution is 0.591. The second kappa shape index (κ2) is 7.79. The maximum Gasteiger partial charge on any atom is 0.233 e. The fraction of sp³-hybridized carbons (Fsp3) is 0.125. The average molecular weight is 356 g/mol. The third-order valence-electron chi connectivity index (χ3n) is 2.95. The minimum absolute atomic E-state index is 0.267. The zero-order valence-electron chi connectivity index (χ0n) is 11.7. The summed E-state index contributed by atoms with van der Waals surface area (Å²) in [5, 5.41) is 2.25. The number of halogens is 2. The maximum absolute atomic E-state index is 11.9. The second-order valence-corrected chi connectivity index (χ2v) is 7.13. The number of nitrogens with one attached hydrogen (secondary N) is 1. The van der Waals surface area contributed by atoms with Gasteiger partial charge in [-0.05, 0) is 35.8 Å². The van der Waals surface area contributed by atoms with Gasteiger partial charge in [-0.3, -0.25) is 0 Å². The zero-order valence-corrected chi connectivity index (χ0v) is 14.0. The van der Waals surface area contributed by atoms with Crippen molar-refractivity contribution in [2.24, 2.45) is 0 Å². The molecule has 0 amide bonds. The first-order chi connectivity index (χ1) is 10.5. The third-order valence-corrected chi connectivity index (χ3v) is 4.64. The molecule has 3 nitrogen and oxygen atoms in total. The predicted molar refractivity (Wildman–Crippen MR) is 92.6 cm³/mol. The van der Waals surface area contributed by atoms with Crippen LogP contribution in [0.4, 0.5) is 0 Å². The van der Waals surface area contributed by atoms with E-state index < -0.39 is 10.0 Å². The van der Waals surface area contributed by atoms with E-state index in [2.05, 4.69) is 4.72 Å². The monoisotopic (exact) mass is 355 g/mol. The highest BCUT2D eigenvalue weighted by Crippen LogP contribution is 2.21. The zero-order chi connectivity index (χ0) is 16.0. The van der Waals surface area contributed by atoms with Crippen molar-refractivity contribution in [2.45, 2.75) is 6.42 Å². The van der Waals surface area contributed by atoms with Crippen LogP contribution in [0.2, 0.25) is 10.0 Å². The van der Waals surface area contributed by atoms with E-state index in [4.69, 9.17) is 23.2 Å². The molecule has 0 bridgehead atoms. The first-order valence-electron chi connectivity index (χ1n) is 6.63. The molecule has 22 heavy (non-hydrogen) atoms. The summed E-state index contributed by atoms with van der Waals surface area (Å²) >= 11 is 11.9. The quantitative estimate of drug-likeness (QED) is 0.846. The molecule has 0 spiro atoms. The number of rotatable bonds is 6. The van der Waals surface area contributed by atoms with Crippen LogP contribution in [0.3, 0.4) is 0 Å². The number of hydrogen-bond donors (Lipinski definition) is 1. The molecule has 6 heteroatoms. The first kappa shape index (κ1) is 17.0. The molecule has 1 N–H and O–H groups in total. The molecule has 0 aromatic heterocycles. The highest BCUT2D eigenvalue weighted by Gasteiger charge is 2.06. The van der Waals surface area contributed by atoms with Gasteiger partial charge in [-0.25, -0.2) is 13.1 Å². The Morgan fingerprint density at radius 1 is 1.05 bits per heavy atom. The second-order valence-electron chi connectivity index (χ2n) is 4.64. The van der Waals surface area contributed by atoms with Crippen LogP contribution in [0.15, 0.2) is 53.9 Å². The standard InChI is InChI=1S/C16H15Cl2NO2S/c17-15-7-6-14(16(18)12-15)8-10-19-22(20,21)11-9-13-4-2-1-3-5-13/h1-7,9,11-12,19H,8,10H2/b11-9+. The lowest BCUT2D eigenvalue weighted by Crippen LogP contribution is -2.23. The van der Waals surface area contributed by atoms with E-state index in [1.807, 2.05) is 30.3 Å². The Balaban J connectivity index is 1.91. The van der Waals surface area contributed by atoms with Crippen molar-refractivity contribution in [1.82, 2.24) is 4.72 Å². The summed E-state index contributed by atoms with van der Waals surface area (Å²) in [4.78, 5) is 0. The lowest BCUT2D eigenvalue weighted by atomic mass is 10.1. The van der Waals surface area contributed by atoms with Crippen molar-refractivity contribution in [2.75, 3.05) is 6.54 Å². The van der Waals surface area contributed by atoms with Gasteiger partial charge in [-0.15, -0.1) is 0 Å². The lowest BCUT2D eigenvalue weighted by Gasteiger charge is -2.05. The molecule has 0 heterocycles. The third kappa shape index (κ3) is 5.46. The Hall–Kier alpha value is -1.33. The van der Waals surface area contributed by atoms with Gasteiger partial charge in [0.2, 0.25) is 10.0 Å². The number of benzene rings is 2. The summed E-state index contributed by atoms with van der Waals surface area (Å²) in [7, 11) is -3.47. The van der Waals surface area contributed by atoms with Crippen LogP contribution in [-0.4, -0.2) is 15.0 Å². The molecule has 0 saturated heterocycles. The fourth-order valence-electron chi connectivity index (χ4n) is 1.83. The van der Waals surface area contributed by atoms with Crippen molar-refractivity contribution in [1.29, 1.82) is 0 Å². The summed E-state index contributed by atoms with van der Waals surface area (Å²) < 4.78 is 26.3. The number of hydrogen-bond acceptors (Lipinski definition) is 2. The van der Waals surface area contributed by atoms with Gasteiger partial charge in [0.1, 0.15) is 0 Å². The van der Waals surface area contributed by atoms with Crippen LogP contribution in [0, 0.1) is 0 Å². The van der Waals surface area contributed by atoms with Crippen LogP contribution in [0.5, 0.6) is 0 Å². The normalized spacial score (nSPS) is 11.9. The van der Waals surface area contributed by atoms with Gasteiger partial charge in [0, 0.05) is 22.0 Å². The Labute approximate surface area is 140 Å². The summed E-state index contributed by atoms with van der Waals surface area (Å²) in [6.45, 7) is 0.267. The van der Waals surface area contributed by atoms with Crippen molar-refractivity contribution >= 4 is 39.3 Å². The van der Waals surface area contributed by atoms with E-state index >= 15 is 0 Å². The molecule has 2 aromatic rings. The van der Waals surface area contributed by atoms with Crippen molar-refractivity contribution in [3.63, 3.8) is 0 Å². The molecular weight excluding hydrogens is 341 g/mol. The van der Waals surface area contributed by atoms with E-state index in [1.165, 1.54) is 0 Å². The SMILES string of the molecule is O=S(=O)(/C=C/c1ccccc1)NCCc1ccc(Cl)cc1Cl. The minimum Gasteiger partial charge on any atom is -0.211 e. The first-order valence-corrected chi connectivity index (χ1v) is 8.93. The molecule has 2 aromatic carbocycles. The minimum atomic E-state index is -3.47. The fourth-order valence-corrected chi connectivity index (χ4v) is 3.15. The molecular formula is C16H15Cl2NO2S. The van der Waals surface area contributed by atoms with Crippen LogP contribution in [0.1, 0.15) is 11.1 Å². The molecule has 2 rings (SSSR count). The Morgan fingerprint density at radius 2 is 1.77 bits per heavy atom. The van der Waals surface area contributed by atoms with Gasteiger partial charge in [-0.1, -0.05) is 59.6 Å². The molecule has 0 aliphatic carbocycles. The van der Waals surface area contributed by atoms with E-state index in [0.29, 0.717) is 16.5 Å². The van der Waals surface area contributed by atoms with E-state index in [-0.39, 0.29) is 6.54 Å². The van der Waals surface area contributed by atoms with Gasteiger partial charge in [0.05, 0.1) is 0 Å².